The quantitative estimate of drug-likeness (QED) is 0.311. The summed E-state index contributed by atoms with van der Waals surface area (Å²) in [6.07, 6.45) is 19.0. The van der Waals surface area contributed by atoms with Crippen LogP contribution in [0.15, 0.2) is 49.3 Å². The molecule has 4 nitrogen and oxygen atoms in total. The van der Waals surface area contributed by atoms with Crippen LogP contribution < -0.4 is 9.13 Å². The standard InChI is InChI=1S/C24H34N4/c1-3-5-7-9-15-27-17-23(25-19-27)21-11-13-22(14-12-21)24-18-28(20-26-24)16-10-8-6-4-2/h11-14,17-20H,3-10,15-16H2,1-2H3/p+2. The van der Waals surface area contributed by atoms with Crippen LogP contribution in [-0.4, -0.2) is 9.97 Å². The molecule has 2 N–H and O–H groups in total. The molecule has 0 spiro atoms. The zero-order chi connectivity index (χ0) is 19.6. The van der Waals surface area contributed by atoms with Crippen LogP contribution in [0.3, 0.4) is 0 Å². The molecule has 3 aromatic rings. The molecule has 0 bridgehead atoms. The lowest BCUT2D eigenvalue weighted by Gasteiger charge is -1.98. The van der Waals surface area contributed by atoms with Gasteiger partial charge in [-0.2, -0.15) is 0 Å². The predicted molar refractivity (Wildman–Crippen MR) is 115 cm³/mol. The number of nitrogens with one attached hydrogen (secondary N) is 2. The molecular formula is C24H36N4+2. The maximum atomic E-state index is 3.41. The third-order valence-corrected chi connectivity index (χ3v) is 5.41. The Labute approximate surface area is 169 Å². The van der Waals surface area contributed by atoms with Crippen LogP contribution in [0, 0.1) is 0 Å². The Kier molecular flexibility index (Phi) is 7.89. The number of aromatic amines is 2. The van der Waals surface area contributed by atoms with E-state index < -0.39 is 0 Å². The topological polar surface area (TPSA) is 39.3 Å². The number of hydrogen-bond acceptors (Lipinski definition) is 0. The van der Waals surface area contributed by atoms with E-state index in [9.17, 15) is 0 Å². The van der Waals surface area contributed by atoms with Crippen LogP contribution in [0.2, 0.25) is 0 Å². The highest BCUT2D eigenvalue weighted by molar-refractivity contribution is 5.65. The molecule has 0 radical (unpaired) electrons. The van der Waals surface area contributed by atoms with E-state index in [2.05, 4.69) is 82.3 Å². The molecule has 0 saturated heterocycles. The van der Waals surface area contributed by atoms with Gasteiger partial charge in [0.15, 0.2) is 11.4 Å². The fourth-order valence-electron chi connectivity index (χ4n) is 3.63. The molecule has 0 aliphatic rings. The summed E-state index contributed by atoms with van der Waals surface area (Å²) in [5.41, 5.74) is 4.82. The van der Waals surface area contributed by atoms with Gasteiger partial charge in [0, 0.05) is 11.1 Å². The lowest BCUT2D eigenvalue weighted by Crippen LogP contribution is -2.30. The normalized spacial score (nSPS) is 11.2. The number of aryl methyl sites for hydroxylation is 2. The SMILES string of the molecule is CCCCCC[n+]1c[nH]c(-c2ccc(-c3c[n+](CCCCCC)c[nH]3)cc2)c1. The van der Waals surface area contributed by atoms with Crippen LogP contribution in [0.4, 0.5) is 0 Å². The van der Waals surface area contributed by atoms with Crippen molar-refractivity contribution in [3.63, 3.8) is 0 Å². The van der Waals surface area contributed by atoms with E-state index >= 15 is 0 Å². The van der Waals surface area contributed by atoms with Gasteiger partial charge in [-0.1, -0.05) is 39.5 Å². The van der Waals surface area contributed by atoms with E-state index in [4.69, 9.17) is 0 Å². The van der Waals surface area contributed by atoms with E-state index in [1.165, 1.54) is 73.9 Å². The smallest absolute Gasteiger partial charge is 0.242 e. The second-order valence-electron chi connectivity index (χ2n) is 7.81. The lowest BCUT2D eigenvalue weighted by atomic mass is 10.1. The van der Waals surface area contributed by atoms with Crippen molar-refractivity contribution >= 4 is 0 Å². The summed E-state index contributed by atoms with van der Waals surface area (Å²) in [4.78, 5) is 6.82. The molecule has 0 aliphatic carbocycles. The first-order chi connectivity index (χ1) is 13.8. The zero-order valence-corrected chi connectivity index (χ0v) is 17.6. The predicted octanol–water partition coefficient (Wildman–Crippen LogP) is 5.41. The first-order valence-electron chi connectivity index (χ1n) is 11.1. The van der Waals surface area contributed by atoms with Crippen molar-refractivity contribution in [1.29, 1.82) is 0 Å². The summed E-state index contributed by atoms with van der Waals surface area (Å²) < 4.78 is 4.54. The van der Waals surface area contributed by atoms with Gasteiger partial charge in [-0.25, -0.2) is 19.1 Å². The van der Waals surface area contributed by atoms with Gasteiger partial charge in [-0.15, -0.1) is 0 Å². The maximum Gasteiger partial charge on any atom is 0.242 e. The fraction of sp³-hybridized carbons (Fsp3) is 0.500. The minimum absolute atomic E-state index is 1.09. The van der Waals surface area contributed by atoms with Gasteiger partial charge in [0.1, 0.15) is 12.4 Å². The van der Waals surface area contributed by atoms with Crippen molar-refractivity contribution in [3.05, 3.63) is 49.3 Å². The van der Waals surface area contributed by atoms with E-state index in [0.29, 0.717) is 0 Å². The van der Waals surface area contributed by atoms with Gasteiger partial charge in [-0.3, -0.25) is 0 Å². The van der Waals surface area contributed by atoms with E-state index in [1.54, 1.807) is 0 Å². The van der Waals surface area contributed by atoms with Gasteiger partial charge >= 0.3 is 0 Å². The lowest BCUT2D eigenvalue weighted by molar-refractivity contribution is -0.696. The average molecular weight is 381 g/mol. The highest BCUT2D eigenvalue weighted by Crippen LogP contribution is 2.21. The van der Waals surface area contributed by atoms with E-state index in [0.717, 1.165) is 13.1 Å². The molecule has 28 heavy (non-hydrogen) atoms. The van der Waals surface area contributed by atoms with Crippen LogP contribution in [0.1, 0.15) is 65.2 Å². The first-order valence-corrected chi connectivity index (χ1v) is 11.1. The van der Waals surface area contributed by atoms with E-state index in [1.807, 2.05) is 0 Å². The fourth-order valence-corrected chi connectivity index (χ4v) is 3.63. The molecule has 0 aliphatic heterocycles. The van der Waals surface area contributed by atoms with Crippen LogP contribution in [-0.2, 0) is 13.1 Å². The van der Waals surface area contributed by atoms with Gasteiger partial charge < -0.3 is 0 Å². The molecule has 4 heteroatoms. The molecule has 0 fully saturated rings. The van der Waals surface area contributed by atoms with Crippen molar-refractivity contribution in [3.8, 4) is 22.5 Å². The number of aromatic nitrogens is 4. The second-order valence-corrected chi connectivity index (χ2v) is 7.81. The van der Waals surface area contributed by atoms with Gasteiger partial charge in [-0.05, 0) is 49.9 Å². The number of unbranched alkanes of at least 4 members (excludes halogenated alkanes) is 6. The Bertz CT molecular complexity index is 744. The number of hydrogen-bond donors (Lipinski definition) is 2. The molecule has 150 valence electrons. The number of rotatable bonds is 12. The monoisotopic (exact) mass is 380 g/mol. The molecule has 0 saturated carbocycles. The summed E-state index contributed by atoms with van der Waals surface area (Å²) in [7, 11) is 0. The minimum atomic E-state index is 1.09. The summed E-state index contributed by atoms with van der Waals surface area (Å²) in [5, 5.41) is 0. The molecule has 0 amide bonds. The molecule has 0 atom stereocenters. The summed E-state index contributed by atoms with van der Waals surface area (Å²) >= 11 is 0. The molecular weight excluding hydrogens is 344 g/mol. The number of nitrogens with zero attached hydrogens (tertiary/aromatic N) is 2. The number of benzene rings is 1. The Morgan fingerprint density at radius 2 is 1.04 bits per heavy atom. The Morgan fingerprint density at radius 1 is 0.607 bits per heavy atom. The highest BCUT2D eigenvalue weighted by atomic mass is 15.0. The van der Waals surface area contributed by atoms with Crippen molar-refractivity contribution in [1.82, 2.24) is 9.97 Å². The number of H-pyrrole nitrogens is 2. The first kappa shape index (κ1) is 20.4. The van der Waals surface area contributed by atoms with Gasteiger partial charge in [0.05, 0.1) is 13.1 Å². The molecule has 0 unspecified atom stereocenters. The zero-order valence-electron chi connectivity index (χ0n) is 17.6. The van der Waals surface area contributed by atoms with Crippen molar-refractivity contribution < 1.29 is 9.13 Å². The Balaban J connectivity index is 1.56. The largest absolute Gasteiger partial charge is 0.244 e. The van der Waals surface area contributed by atoms with E-state index in [-0.39, 0.29) is 0 Å². The van der Waals surface area contributed by atoms with Crippen LogP contribution in [0.25, 0.3) is 22.5 Å². The van der Waals surface area contributed by atoms with Crippen molar-refractivity contribution in [2.45, 2.75) is 78.3 Å². The number of imidazole rings is 2. The van der Waals surface area contributed by atoms with Crippen molar-refractivity contribution in [2.24, 2.45) is 0 Å². The van der Waals surface area contributed by atoms with Crippen LogP contribution >= 0.6 is 0 Å². The Morgan fingerprint density at radius 3 is 1.43 bits per heavy atom. The minimum Gasteiger partial charge on any atom is -0.244 e. The Hall–Kier alpha value is -2.36. The summed E-state index contributed by atoms with van der Waals surface area (Å²) in [6, 6.07) is 8.81. The third kappa shape index (κ3) is 5.82. The molecule has 3 rings (SSSR count). The molecule has 2 aromatic heterocycles. The average Bonchev–Trinajstić information content (AvgIpc) is 3.39. The van der Waals surface area contributed by atoms with Gasteiger partial charge in [0.2, 0.25) is 12.7 Å². The summed E-state index contributed by atoms with van der Waals surface area (Å²) in [5.74, 6) is 0. The van der Waals surface area contributed by atoms with Crippen LogP contribution in [0.5, 0.6) is 0 Å². The third-order valence-electron chi connectivity index (χ3n) is 5.41. The second kappa shape index (κ2) is 10.8. The van der Waals surface area contributed by atoms with Crippen molar-refractivity contribution in [2.75, 3.05) is 0 Å². The molecule has 2 heterocycles. The van der Waals surface area contributed by atoms with Gasteiger partial charge in [0.25, 0.3) is 0 Å². The highest BCUT2D eigenvalue weighted by Gasteiger charge is 2.11. The molecule has 1 aromatic carbocycles. The maximum absolute atomic E-state index is 3.41. The summed E-state index contributed by atoms with van der Waals surface area (Å²) in [6.45, 7) is 6.70.